The number of unbranched alkanes of at least 4 members (excludes halogenated alkanes) is 1. The van der Waals surface area contributed by atoms with Gasteiger partial charge in [-0.2, -0.15) is 0 Å². The molecule has 0 radical (unpaired) electrons. The van der Waals surface area contributed by atoms with Gasteiger partial charge >= 0.3 is 11.9 Å². The molecule has 0 bridgehead atoms. The molecule has 0 unspecified atom stereocenters. The van der Waals surface area contributed by atoms with Gasteiger partial charge in [0.2, 0.25) is 0 Å². The van der Waals surface area contributed by atoms with Crippen molar-refractivity contribution >= 4 is 17.6 Å². The molecule has 1 aromatic carbocycles. The van der Waals surface area contributed by atoms with Gasteiger partial charge in [0.15, 0.2) is 0 Å². The molecule has 2 aliphatic heterocycles. The first-order chi connectivity index (χ1) is 17.3. The second kappa shape index (κ2) is 13.7. The Labute approximate surface area is 215 Å². The number of esters is 2. The van der Waals surface area contributed by atoms with Crippen molar-refractivity contribution in [3.05, 3.63) is 33.9 Å². The SMILES string of the molecule is COc1c(C)c2c(c(NC(C)C)c1CC=C(C)CCC(=O)OCCCCN1CCOCC1)C(=O)OC2. The minimum Gasteiger partial charge on any atom is -0.496 e. The predicted octanol–water partition coefficient (Wildman–Crippen LogP) is 4.42. The molecular formula is C28H42N2O6. The zero-order valence-corrected chi connectivity index (χ0v) is 22.5. The fourth-order valence-electron chi connectivity index (χ4n) is 4.70. The lowest BCUT2D eigenvalue weighted by molar-refractivity contribution is -0.143. The summed E-state index contributed by atoms with van der Waals surface area (Å²) in [6.45, 7) is 13.4. The Morgan fingerprint density at radius 2 is 1.94 bits per heavy atom. The quantitative estimate of drug-likeness (QED) is 0.241. The van der Waals surface area contributed by atoms with E-state index in [1.807, 2.05) is 27.7 Å². The molecule has 1 N–H and O–H groups in total. The average molecular weight is 503 g/mol. The van der Waals surface area contributed by atoms with E-state index in [4.69, 9.17) is 18.9 Å². The lowest BCUT2D eigenvalue weighted by Crippen LogP contribution is -2.36. The van der Waals surface area contributed by atoms with Gasteiger partial charge in [-0.1, -0.05) is 11.6 Å². The summed E-state index contributed by atoms with van der Waals surface area (Å²) >= 11 is 0. The molecule has 2 heterocycles. The van der Waals surface area contributed by atoms with Gasteiger partial charge < -0.3 is 24.3 Å². The molecule has 0 aliphatic carbocycles. The lowest BCUT2D eigenvalue weighted by Gasteiger charge is -2.26. The van der Waals surface area contributed by atoms with Crippen LogP contribution in [0.4, 0.5) is 5.69 Å². The molecule has 1 fully saturated rings. The predicted molar refractivity (Wildman–Crippen MR) is 140 cm³/mol. The van der Waals surface area contributed by atoms with Crippen LogP contribution in [0.1, 0.15) is 73.5 Å². The summed E-state index contributed by atoms with van der Waals surface area (Å²) in [6.07, 6.45) is 5.58. The van der Waals surface area contributed by atoms with E-state index in [1.54, 1.807) is 7.11 Å². The van der Waals surface area contributed by atoms with Gasteiger partial charge in [-0.15, -0.1) is 0 Å². The maximum Gasteiger partial charge on any atom is 0.341 e. The number of ether oxygens (including phenoxy) is 4. The fourth-order valence-corrected chi connectivity index (χ4v) is 4.70. The number of hydrogen-bond acceptors (Lipinski definition) is 8. The zero-order valence-electron chi connectivity index (χ0n) is 22.5. The largest absolute Gasteiger partial charge is 0.496 e. The van der Waals surface area contributed by atoms with Gasteiger partial charge in [-0.25, -0.2) is 4.79 Å². The van der Waals surface area contributed by atoms with Crippen molar-refractivity contribution in [1.29, 1.82) is 0 Å². The highest BCUT2D eigenvalue weighted by atomic mass is 16.5. The van der Waals surface area contributed by atoms with Crippen molar-refractivity contribution in [3.8, 4) is 5.75 Å². The van der Waals surface area contributed by atoms with Crippen LogP contribution < -0.4 is 10.1 Å². The topological polar surface area (TPSA) is 86.3 Å². The number of benzene rings is 1. The number of nitrogens with one attached hydrogen (secondary N) is 1. The zero-order chi connectivity index (χ0) is 26.1. The van der Waals surface area contributed by atoms with Crippen molar-refractivity contribution in [1.82, 2.24) is 4.90 Å². The summed E-state index contributed by atoms with van der Waals surface area (Å²) in [5.41, 5.74) is 5.25. The van der Waals surface area contributed by atoms with E-state index in [2.05, 4.69) is 16.3 Å². The van der Waals surface area contributed by atoms with Crippen LogP contribution in [0.25, 0.3) is 0 Å². The van der Waals surface area contributed by atoms with E-state index in [1.165, 1.54) is 0 Å². The van der Waals surface area contributed by atoms with Crippen LogP contribution in [0, 0.1) is 6.92 Å². The monoisotopic (exact) mass is 502 g/mol. The van der Waals surface area contributed by atoms with Crippen LogP contribution in [-0.2, 0) is 32.0 Å². The Morgan fingerprint density at radius 3 is 2.64 bits per heavy atom. The van der Waals surface area contributed by atoms with Crippen molar-refractivity contribution in [2.45, 2.75) is 72.4 Å². The van der Waals surface area contributed by atoms with Crippen LogP contribution in [0.2, 0.25) is 0 Å². The number of allylic oxidation sites excluding steroid dienone is 2. The van der Waals surface area contributed by atoms with Crippen LogP contribution in [0.5, 0.6) is 5.75 Å². The Bertz CT molecular complexity index is 950. The molecule has 200 valence electrons. The highest BCUT2D eigenvalue weighted by molar-refractivity contribution is 6.01. The standard InChI is InChI=1S/C28H42N2O6/c1-19(2)29-26-22(27(33-5)21(4)23-18-36-28(32)25(23)26)10-8-20(3)9-11-24(31)35-15-7-6-12-30-13-16-34-17-14-30/h8,19,29H,6-7,9-18H2,1-5H3. The maximum absolute atomic E-state index is 12.5. The highest BCUT2D eigenvalue weighted by Gasteiger charge is 2.32. The number of anilines is 1. The van der Waals surface area contributed by atoms with Crippen LogP contribution >= 0.6 is 0 Å². The minimum atomic E-state index is -0.298. The van der Waals surface area contributed by atoms with Crippen molar-refractivity contribution in [2.24, 2.45) is 0 Å². The number of carbonyl (C=O) groups excluding carboxylic acids is 2. The Hall–Kier alpha value is -2.58. The van der Waals surface area contributed by atoms with E-state index in [0.717, 1.165) is 79.4 Å². The molecule has 0 aromatic heterocycles. The van der Waals surface area contributed by atoms with Gasteiger partial charge in [0, 0.05) is 36.7 Å². The molecule has 0 amide bonds. The Balaban J connectivity index is 1.53. The number of cyclic esters (lactones) is 1. The molecule has 2 aliphatic rings. The molecule has 0 saturated carbocycles. The molecule has 0 atom stereocenters. The Kier molecular flexibility index (Phi) is 10.6. The number of methoxy groups -OCH3 is 1. The van der Waals surface area contributed by atoms with Crippen molar-refractivity contribution in [2.75, 3.05) is 51.9 Å². The number of morpholine rings is 1. The first kappa shape index (κ1) is 28.0. The molecule has 36 heavy (non-hydrogen) atoms. The first-order valence-corrected chi connectivity index (χ1v) is 13.1. The van der Waals surface area contributed by atoms with Crippen LogP contribution in [-0.4, -0.2) is 69.4 Å². The summed E-state index contributed by atoms with van der Waals surface area (Å²) in [6, 6.07) is 0.141. The van der Waals surface area contributed by atoms with Crippen molar-refractivity contribution in [3.63, 3.8) is 0 Å². The molecule has 3 rings (SSSR count). The van der Waals surface area contributed by atoms with Gasteiger partial charge in [0.25, 0.3) is 0 Å². The van der Waals surface area contributed by atoms with Crippen LogP contribution in [0.3, 0.4) is 0 Å². The molecule has 0 spiro atoms. The summed E-state index contributed by atoms with van der Waals surface area (Å²) < 4.78 is 21.9. The van der Waals surface area contributed by atoms with Gasteiger partial charge in [-0.05, 0) is 65.5 Å². The number of fused-ring (bicyclic) bond motifs is 1. The second-order valence-electron chi connectivity index (χ2n) is 9.88. The smallest absolute Gasteiger partial charge is 0.341 e. The third-order valence-electron chi connectivity index (χ3n) is 6.72. The fraction of sp³-hybridized carbons (Fsp3) is 0.643. The van der Waals surface area contributed by atoms with E-state index in [-0.39, 0.29) is 24.6 Å². The number of rotatable bonds is 13. The maximum atomic E-state index is 12.5. The first-order valence-electron chi connectivity index (χ1n) is 13.1. The molecule has 8 heteroatoms. The van der Waals surface area contributed by atoms with Gasteiger partial charge in [0.05, 0.1) is 38.2 Å². The highest BCUT2D eigenvalue weighted by Crippen LogP contribution is 2.41. The number of hydrogen-bond donors (Lipinski definition) is 1. The number of carbonyl (C=O) groups is 2. The lowest BCUT2D eigenvalue weighted by atomic mass is 9.93. The normalized spacial score (nSPS) is 16.2. The third kappa shape index (κ3) is 7.46. The summed E-state index contributed by atoms with van der Waals surface area (Å²) in [5.74, 6) is 0.314. The summed E-state index contributed by atoms with van der Waals surface area (Å²) in [7, 11) is 1.66. The van der Waals surface area contributed by atoms with E-state index in [9.17, 15) is 9.59 Å². The van der Waals surface area contributed by atoms with Crippen LogP contribution in [0.15, 0.2) is 11.6 Å². The summed E-state index contributed by atoms with van der Waals surface area (Å²) in [4.78, 5) is 27.1. The minimum absolute atomic E-state index is 0.141. The van der Waals surface area contributed by atoms with Gasteiger partial charge in [-0.3, -0.25) is 9.69 Å². The third-order valence-corrected chi connectivity index (χ3v) is 6.72. The summed E-state index contributed by atoms with van der Waals surface area (Å²) in [5, 5.41) is 3.44. The van der Waals surface area contributed by atoms with Crippen molar-refractivity contribution < 1.29 is 28.5 Å². The van der Waals surface area contributed by atoms with E-state index < -0.39 is 0 Å². The molecular weight excluding hydrogens is 460 g/mol. The second-order valence-corrected chi connectivity index (χ2v) is 9.88. The van der Waals surface area contributed by atoms with E-state index >= 15 is 0 Å². The van der Waals surface area contributed by atoms with Gasteiger partial charge in [0.1, 0.15) is 12.4 Å². The molecule has 8 nitrogen and oxygen atoms in total. The Morgan fingerprint density at radius 1 is 1.19 bits per heavy atom. The number of nitrogens with zero attached hydrogens (tertiary/aromatic N) is 1. The molecule has 1 aromatic rings. The molecule has 1 saturated heterocycles. The van der Waals surface area contributed by atoms with E-state index in [0.29, 0.717) is 31.4 Å². The average Bonchev–Trinajstić information content (AvgIpc) is 3.25.